The fourth-order valence-corrected chi connectivity index (χ4v) is 1.23. The molecule has 0 bridgehead atoms. The fraction of sp³-hybridized carbons (Fsp3) is 0. The van der Waals surface area contributed by atoms with E-state index in [0.29, 0.717) is 22.9 Å². The van der Waals surface area contributed by atoms with Crippen LogP contribution >= 0.6 is 0 Å². The Morgan fingerprint density at radius 1 is 1.31 bits per heavy atom. The minimum Gasteiger partial charge on any atom is -0.397 e. The van der Waals surface area contributed by atoms with Gasteiger partial charge in [-0.25, -0.2) is 4.98 Å². The van der Waals surface area contributed by atoms with Gasteiger partial charge >= 0.3 is 0 Å². The molecule has 2 aromatic rings. The number of nitrogens with two attached hydrogens (primary N) is 2. The van der Waals surface area contributed by atoms with E-state index in [2.05, 4.69) is 15.3 Å². The molecule has 0 aliphatic carbocycles. The van der Waals surface area contributed by atoms with Crippen molar-refractivity contribution >= 4 is 23.2 Å². The molecular weight excluding hydrogens is 206 g/mol. The summed E-state index contributed by atoms with van der Waals surface area (Å²) in [4.78, 5) is 18.4. The van der Waals surface area contributed by atoms with Crippen molar-refractivity contribution in [3.8, 4) is 0 Å². The molecule has 16 heavy (non-hydrogen) atoms. The molecule has 1 aromatic heterocycles. The Labute approximate surface area is 91.7 Å². The van der Waals surface area contributed by atoms with Crippen LogP contribution in [0.2, 0.25) is 0 Å². The number of rotatable bonds is 2. The van der Waals surface area contributed by atoms with Gasteiger partial charge in [0.25, 0.3) is 5.91 Å². The number of aromatic amines is 1. The summed E-state index contributed by atoms with van der Waals surface area (Å²) in [5, 5.41) is 2.58. The van der Waals surface area contributed by atoms with Gasteiger partial charge < -0.3 is 16.5 Å². The van der Waals surface area contributed by atoms with E-state index in [-0.39, 0.29) is 5.91 Å². The van der Waals surface area contributed by atoms with E-state index in [1.165, 1.54) is 6.07 Å². The Morgan fingerprint density at radius 2 is 2.12 bits per heavy atom. The number of carbonyl (C=O) groups excluding carboxylic acids is 1. The van der Waals surface area contributed by atoms with Crippen molar-refractivity contribution in [2.24, 2.45) is 0 Å². The van der Waals surface area contributed by atoms with Crippen LogP contribution in [0, 0.1) is 0 Å². The van der Waals surface area contributed by atoms with Gasteiger partial charge in [-0.15, -0.1) is 0 Å². The van der Waals surface area contributed by atoms with Crippen molar-refractivity contribution in [3.05, 3.63) is 36.2 Å². The first-order valence-electron chi connectivity index (χ1n) is 4.62. The number of benzene rings is 1. The highest BCUT2D eigenvalue weighted by Crippen LogP contribution is 2.16. The maximum Gasteiger partial charge on any atom is 0.258 e. The molecule has 0 spiro atoms. The molecular formula is C10H11N5O. The number of hydrogen-bond donors (Lipinski definition) is 4. The monoisotopic (exact) mass is 217 g/mol. The van der Waals surface area contributed by atoms with Crippen LogP contribution in [0.4, 0.5) is 17.3 Å². The quantitative estimate of drug-likeness (QED) is 0.558. The second-order valence-corrected chi connectivity index (χ2v) is 3.24. The van der Waals surface area contributed by atoms with Crippen LogP contribution in [0.1, 0.15) is 10.4 Å². The van der Waals surface area contributed by atoms with Crippen LogP contribution in [-0.4, -0.2) is 15.9 Å². The van der Waals surface area contributed by atoms with Crippen LogP contribution in [0.3, 0.4) is 0 Å². The Kier molecular flexibility index (Phi) is 2.47. The van der Waals surface area contributed by atoms with Gasteiger partial charge in [0.05, 0.1) is 11.4 Å². The predicted molar refractivity (Wildman–Crippen MR) is 61.8 cm³/mol. The normalized spacial score (nSPS) is 10.0. The second kappa shape index (κ2) is 3.93. The minimum atomic E-state index is -0.290. The SMILES string of the molecule is Nc1ccc(C(=O)Nc2ncc[nH]2)cc1N. The van der Waals surface area contributed by atoms with E-state index in [0.717, 1.165) is 0 Å². The summed E-state index contributed by atoms with van der Waals surface area (Å²) in [5.41, 5.74) is 12.4. The molecule has 0 unspecified atom stereocenters. The zero-order valence-electron chi connectivity index (χ0n) is 8.40. The zero-order chi connectivity index (χ0) is 11.5. The molecule has 0 radical (unpaired) electrons. The molecule has 1 aromatic carbocycles. The molecule has 0 aliphatic heterocycles. The van der Waals surface area contributed by atoms with Crippen LogP contribution in [-0.2, 0) is 0 Å². The molecule has 0 saturated heterocycles. The molecule has 1 amide bonds. The van der Waals surface area contributed by atoms with Crippen LogP contribution < -0.4 is 16.8 Å². The molecule has 6 heteroatoms. The lowest BCUT2D eigenvalue weighted by Gasteiger charge is -2.04. The summed E-state index contributed by atoms with van der Waals surface area (Å²) in [6.07, 6.45) is 3.17. The Balaban J connectivity index is 2.18. The van der Waals surface area contributed by atoms with Crippen molar-refractivity contribution in [1.29, 1.82) is 0 Å². The number of nitrogens with one attached hydrogen (secondary N) is 2. The molecule has 0 fully saturated rings. The van der Waals surface area contributed by atoms with Crippen molar-refractivity contribution in [3.63, 3.8) is 0 Å². The highest BCUT2D eigenvalue weighted by atomic mass is 16.1. The summed E-state index contributed by atoms with van der Waals surface area (Å²) in [5.74, 6) is 0.0991. The standard InChI is InChI=1S/C10H11N5O/c11-7-2-1-6(5-8(7)12)9(16)15-10-13-3-4-14-10/h1-5H,11-12H2,(H2,13,14,15,16). The second-order valence-electron chi connectivity index (χ2n) is 3.24. The van der Waals surface area contributed by atoms with E-state index in [1.807, 2.05) is 0 Å². The number of carbonyl (C=O) groups is 1. The third kappa shape index (κ3) is 1.95. The Morgan fingerprint density at radius 3 is 2.75 bits per heavy atom. The molecule has 2 rings (SSSR count). The van der Waals surface area contributed by atoms with Gasteiger partial charge in [0.1, 0.15) is 0 Å². The Hall–Kier alpha value is -2.50. The molecule has 6 nitrogen and oxygen atoms in total. The summed E-state index contributed by atoms with van der Waals surface area (Å²) in [7, 11) is 0. The minimum absolute atomic E-state index is 0.290. The maximum absolute atomic E-state index is 11.7. The number of anilines is 3. The number of amides is 1. The first-order valence-corrected chi connectivity index (χ1v) is 4.62. The van der Waals surface area contributed by atoms with E-state index in [1.54, 1.807) is 24.5 Å². The molecule has 6 N–H and O–H groups in total. The molecule has 1 heterocycles. The van der Waals surface area contributed by atoms with Crippen LogP contribution in [0.25, 0.3) is 0 Å². The summed E-state index contributed by atoms with van der Waals surface area (Å²) >= 11 is 0. The van der Waals surface area contributed by atoms with E-state index in [4.69, 9.17) is 11.5 Å². The number of H-pyrrole nitrogens is 1. The third-order valence-electron chi connectivity index (χ3n) is 2.08. The lowest BCUT2D eigenvalue weighted by molar-refractivity contribution is 0.102. The largest absolute Gasteiger partial charge is 0.397 e. The Bertz CT molecular complexity index is 506. The lowest BCUT2D eigenvalue weighted by atomic mass is 10.1. The van der Waals surface area contributed by atoms with Gasteiger partial charge in [0.2, 0.25) is 5.95 Å². The molecule has 0 aliphatic rings. The van der Waals surface area contributed by atoms with Gasteiger partial charge in [0, 0.05) is 18.0 Å². The highest BCUT2D eigenvalue weighted by molar-refractivity contribution is 6.04. The number of aromatic nitrogens is 2. The lowest BCUT2D eigenvalue weighted by Crippen LogP contribution is -2.13. The van der Waals surface area contributed by atoms with Gasteiger partial charge in [-0.2, -0.15) is 0 Å². The average molecular weight is 217 g/mol. The summed E-state index contributed by atoms with van der Waals surface area (Å²) < 4.78 is 0. The number of hydrogen-bond acceptors (Lipinski definition) is 4. The van der Waals surface area contributed by atoms with E-state index >= 15 is 0 Å². The molecule has 82 valence electrons. The van der Waals surface area contributed by atoms with Gasteiger partial charge in [-0.3, -0.25) is 10.1 Å². The van der Waals surface area contributed by atoms with Crippen molar-refractivity contribution in [1.82, 2.24) is 9.97 Å². The summed E-state index contributed by atoms with van der Waals surface area (Å²) in [6, 6.07) is 4.71. The van der Waals surface area contributed by atoms with Gasteiger partial charge in [-0.1, -0.05) is 0 Å². The average Bonchev–Trinajstić information content (AvgIpc) is 2.74. The van der Waals surface area contributed by atoms with Crippen LogP contribution in [0.5, 0.6) is 0 Å². The summed E-state index contributed by atoms with van der Waals surface area (Å²) in [6.45, 7) is 0. The topological polar surface area (TPSA) is 110 Å². The third-order valence-corrected chi connectivity index (χ3v) is 2.08. The van der Waals surface area contributed by atoms with Crippen molar-refractivity contribution in [2.45, 2.75) is 0 Å². The number of nitrogens with zero attached hydrogens (tertiary/aromatic N) is 1. The zero-order valence-corrected chi connectivity index (χ0v) is 8.40. The molecule has 0 atom stereocenters. The van der Waals surface area contributed by atoms with E-state index < -0.39 is 0 Å². The maximum atomic E-state index is 11.7. The van der Waals surface area contributed by atoms with Crippen molar-refractivity contribution < 1.29 is 4.79 Å². The predicted octanol–water partition coefficient (Wildman–Crippen LogP) is 0.826. The fourth-order valence-electron chi connectivity index (χ4n) is 1.23. The number of nitrogen functional groups attached to an aromatic ring is 2. The highest BCUT2D eigenvalue weighted by Gasteiger charge is 2.08. The van der Waals surface area contributed by atoms with Crippen LogP contribution in [0.15, 0.2) is 30.6 Å². The first-order chi connectivity index (χ1) is 7.66. The molecule has 0 saturated carbocycles. The number of imidazole rings is 1. The van der Waals surface area contributed by atoms with Gasteiger partial charge in [0.15, 0.2) is 0 Å². The van der Waals surface area contributed by atoms with E-state index in [9.17, 15) is 4.79 Å². The van der Waals surface area contributed by atoms with Crippen molar-refractivity contribution in [2.75, 3.05) is 16.8 Å². The smallest absolute Gasteiger partial charge is 0.258 e. The first kappa shape index (κ1) is 10.0. The van der Waals surface area contributed by atoms with Gasteiger partial charge in [-0.05, 0) is 18.2 Å².